The number of amides is 1. The smallest absolute Gasteiger partial charge is 0.354 e. The number of anilines is 3. The lowest BCUT2D eigenvalue weighted by Crippen LogP contribution is -2.27. The number of methoxy groups -OCH3 is 1. The first-order valence-electron chi connectivity index (χ1n) is 14.5. The van der Waals surface area contributed by atoms with Crippen molar-refractivity contribution in [2.24, 2.45) is 0 Å². The fraction of sp³-hybridized carbons (Fsp3) is 0.242. The van der Waals surface area contributed by atoms with E-state index in [1.165, 1.54) is 4.57 Å². The average Bonchev–Trinajstić information content (AvgIpc) is 3.05. The van der Waals surface area contributed by atoms with Crippen LogP contribution in [0.4, 0.5) is 17.3 Å². The van der Waals surface area contributed by atoms with Crippen molar-refractivity contribution in [1.82, 2.24) is 24.4 Å². The lowest BCUT2D eigenvalue weighted by atomic mass is 10.2. The molecule has 232 valence electrons. The number of fused-ring (bicyclic) bond motifs is 1. The molecule has 45 heavy (non-hydrogen) atoms. The third kappa shape index (κ3) is 7.39. The van der Waals surface area contributed by atoms with Crippen LogP contribution in [0.15, 0.2) is 77.7 Å². The maximum absolute atomic E-state index is 13.3. The number of carbonyl (C=O) groups excluding carboxylic acids is 1. The molecule has 0 aliphatic rings. The summed E-state index contributed by atoms with van der Waals surface area (Å²) in [5.74, 6) is 1.39. The number of hydrogen-bond acceptors (Lipinski definition) is 9. The zero-order valence-corrected chi connectivity index (χ0v) is 26.3. The predicted molar refractivity (Wildman–Crippen MR) is 177 cm³/mol. The molecular formula is C33H34ClN7O4. The predicted octanol–water partition coefficient (Wildman–Crippen LogP) is 5.86. The van der Waals surface area contributed by atoms with E-state index >= 15 is 0 Å². The van der Waals surface area contributed by atoms with Crippen molar-refractivity contribution in [3.8, 4) is 17.2 Å². The molecule has 11 nitrogen and oxygen atoms in total. The average molecular weight is 628 g/mol. The maximum atomic E-state index is 13.3. The number of nitrogens with zero attached hydrogens (tertiary/aromatic N) is 5. The van der Waals surface area contributed by atoms with Crippen molar-refractivity contribution in [2.75, 3.05) is 44.0 Å². The first-order valence-corrected chi connectivity index (χ1v) is 14.9. The third-order valence-electron chi connectivity index (χ3n) is 7.36. The molecule has 0 saturated carbocycles. The van der Waals surface area contributed by atoms with Gasteiger partial charge in [0.15, 0.2) is 5.65 Å². The molecule has 0 saturated heterocycles. The number of likely N-dealkylation sites (N-methyl/N-ethyl adjacent to an activating group) is 1. The Morgan fingerprint density at radius 3 is 2.33 bits per heavy atom. The van der Waals surface area contributed by atoms with Gasteiger partial charge in [0.25, 0.3) is 5.91 Å². The molecule has 12 heteroatoms. The molecule has 0 spiro atoms. The Kier molecular flexibility index (Phi) is 9.91. The van der Waals surface area contributed by atoms with Crippen LogP contribution in [0.25, 0.3) is 16.7 Å². The minimum Gasteiger partial charge on any atom is -0.497 e. The van der Waals surface area contributed by atoms with E-state index in [2.05, 4.69) is 44.3 Å². The van der Waals surface area contributed by atoms with Crippen molar-refractivity contribution in [1.29, 1.82) is 0 Å². The Balaban J connectivity index is 1.33. The molecule has 3 aromatic carbocycles. The van der Waals surface area contributed by atoms with Gasteiger partial charge in [0.05, 0.1) is 23.2 Å². The van der Waals surface area contributed by atoms with E-state index in [0.29, 0.717) is 51.3 Å². The summed E-state index contributed by atoms with van der Waals surface area (Å²) < 4.78 is 12.4. The molecule has 0 atom stereocenters. The zero-order valence-electron chi connectivity index (χ0n) is 25.5. The first-order chi connectivity index (χ1) is 21.8. The normalized spacial score (nSPS) is 11.1. The Labute approximate surface area is 265 Å². The summed E-state index contributed by atoms with van der Waals surface area (Å²) in [6, 6.07) is 19.1. The number of ether oxygens (including phenoxy) is 2. The lowest BCUT2D eigenvalue weighted by molar-refractivity contribution is 0.102. The molecular weight excluding hydrogens is 594 g/mol. The van der Waals surface area contributed by atoms with Crippen LogP contribution in [0.2, 0.25) is 5.02 Å². The third-order valence-corrected chi connectivity index (χ3v) is 7.68. The van der Waals surface area contributed by atoms with Gasteiger partial charge in [0, 0.05) is 35.4 Å². The van der Waals surface area contributed by atoms with Crippen LogP contribution in [0, 0.1) is 6.92 Å². The number of hydrogen-bond donors (Lipinski definition) is 2. The standard InChI is InChI=1S/C33H34ClN7O4/c1-5-40(6-2)17-18-45-26-14-9-23(10-15-26)37-32-35-20-27-21(3)41(33(43)39-30(27)38-32)29-19-24(11-16-28(29)34)36-31(42)22-7-12-25(44-4)13-8-22/h7-16,19-20H,5-6,17-18H2,1-4H3,(H,36,42)(H,37,38,39,43). The molecule has 0 unspecified atom stereocenters. The molecule has 0 fully saturated rings. The number of halogens is 1. The van der Waals surface area contributed by atoms with Gasteiger partial charge in [-0.05, 0) is 86.7 Å². The minimum absolute atomic E-state index is 0.239. The molecule has 2 N–H and O–H groups in total. The summed E-state index contributed by atoms with van der Waals surface area (Å²) in [6.07, 6.45) is 1.61. The summed E-state index contributed by atoms with van der Waals surface area (Å²) in [7, 11) is 1.56. The highest BCUT2D eigenvalue weighted by molar-refractivity contribution is 6.32. The van der Waals surface area contributed by atoms with E-state index in [1.54, 1.807) is 62.7 Å². The number of carbonyl (C=O) groups is 1. The second kappa shape index (κ2) is 14.2. The van der Waals surface area contributed by atoms with Gasteiger partial charge in [0.2, 0.25) is 5.95 Å². The van der Waals surface area contributed by atoms with E-state index in [4.69, 9.17) is 21.1 Å². The van der Waals surface area contributed by atoms with Crippen LogP contribution in [0.3, 0.4) is 0 Å². The second-order valence-electron chi connectivity index (χ2n) is 10.1. The van der Waals surface area contributed by atoms with Crippen molar-refractivity contribution in [3.63, 3.8) is 0 Å². The van der Waals surface area contributed by atoms with E-state index < -0.39 is 5.69 Å². The molecule has 2 heterocycles. The summed E-state index contributed by atoms with van der Waals surface area (Å²) >= 11 is 6.53. The summed E-state index contributed by atoms with van der Waals surface area (Å²) in [6.45, 7) is 9.48. The topological polar surface area (TPSA) is 124 Å². The maximum Gasteiger partial charge on any atom is 0.354 e. The van der Waals surface area contributed by atoms with E-state index in [9.17, 15) is 9.59 Å². The van der Waals surface area contributed by atoms with Gasteiger partial charge in [-0.25, -0.2) is 9.78 Å². The molecule has 5 rings (SSSR count). The monoisotopic (exact) mass is 627 g/mol. The van der Waals surface area contributed by atoms with Crippen molar-refractivity contribution < 1.29 is 14.3 Å². The summed E-state index contributed by atoms with van der Waals surface area (Å²) in [5.41, 5.74) is 2.24. The Hall–Kier alpha value is -5.00. The van der Waals surface area contributed by atoms with Gasteiger partial charge in [-0.3, -0.25) is 9.36 Å². The highest BCUT2D eigenvalue weighted by atomic mass is 35.5. The summed E-state index contributed by atoms with van der Waals surface area (Å²) in [4.78, 5) is 41.6. The van der Waals surface area contributed by atoms with Gasteiger partial charge in [-0.2, -0.15) is 9.97 Å². The van der Waals surface area contributed by atoms with Gasteiger partial charge in [-0.15, -0.1) is 0 Å². The van der Waals surface area contributed by atoms with Crippen molar-refractivity contribution in [3.05, 3.63) is 99.7 Å². The highest BCUT2D eigenvalue weighted by Gasteiger charge is 2.16. The summed E-state index contributed by atoms with van der Waals surface area (Å²) in [5, 5.41) is 6.88. The lowest BCUT2D eigenvalue weighted by Gasteiger charge is -2.18. The molecule has 5 aromatic rings. The molecule has 0 aliphatic carbocycles. The SMILES string of the molecule is CCN(CC)CCOc1ccc(Nc2ncc3c(C)n(-c4cc(NC(=O)c5ccc(OC)cc5)ccc4Cl)c(=O)nc3n2)cc1. The fourth-order valence-electron chi connectivity index (χ4n) is 4.77. The van der Waals surface area contributed by atoms with Crippen LogP contribution < -0.4 is 25.8 Å². The second-order valence-corrected chi connectivity index (χ2v) is 10.5. The Morgan fingerprint density at radius 1 is 0.956 bits per heavy atom. The first kappa shape index (κ1) is 31.4. The zero-order chi connectivity index (χ0) is 31.9. The molecule has 0 bridgehead atoms. The van der Waals surface area contributed by atoms with Crippen molar-refractivity contribution in [2.45, 2.75) is 20.8 Å². The van der Waals surface area contributed by atoms with Crippen LogP contribution in [-0.2, 0) is 0 Å². The number of rotatable bonds is 12. The van der Waals surface area contributed by atoms with Gasteiger partial charge in [-0.1, -0.05) is 25.4 Å². The van der Waals surface area contributed by atoms with Crippen molar-refractivity contribution >= 4 is 45.9 Å². The quantitative estimate of drug-likeness (QED) is 0.175. The number of nitrogens with one attached hydrogen (secondary N) is 2. The number of aromatic nitrogens is 4. The molecule has 1 amide bonds. The number of benzene rings is 3. The van der Waals surface area contributed by atoms with Crippen LogP contribution in [0.5, 0.6) is 11.5 Å². The van der Waals surface area contributed by atoms with E-state index in [0.717, 1.165) is 31.1 Å². The van der Waals surface area contributed by atoms with Crippen LogP contribution >= 0.6 is 11.6 Å². The number of aryl methyl sites for hydroxylation is 1. The molecule has 0 radical (unpaired) electrons. The Bertz CT molecular complexity index is 1860. The van der Waals surface area contributed by atoms with E-state index in [-0.39, 0.29) is 11.6 Å². The molecule has 0 aliphatic heterocycles. The van der Waals surface area contributed by atoms with Gasteiger partial charge >= 0.3 is 5.69 Å². The molecule has 2 aromatic heterocycles. The van der Waals surface area contributed by atoms with Crippen LogP contribution in [-0.4, -0.2) is 63.7 Å². The van der Waals surface area contributed by atoms with Crippen LogP contribution in [0.1, 0.15) is 29.9 Å². The highest BCUT2D eigenvalue weighted by Crippen LogP contribution is 2.27. The fourth-order valence-corrected chi connectivity index (χ4v) is 4.97. The Morgan fingerprint density at radius 2 is 1.64 bits per heavy atom. The largest absolute Gasteiger partial charge is 0.497 e. The van der Waals surface area contributed by atoms with E-state index in [1.807, 2.05) is 24.3 Å². The van der Waals surface area contributed by atoms with Gasteiger partial charge < -0.3 is 25.0 Å². The minimum atomic E-state index is -0.573. The van der Waals surface area contributed by atoms with Gasteiger partial charge in [0.1, 0.15) is 18.1 Å².